The number of nitrogen functional groups attached to an aromatic ring is 1. The molecule has 0 saturated carbocycles. The Balaban J connectivity index is 2.19. The molecular formula is C15H18N4O2. The van der Waals surface area contributed by atoms with E-state index in [1.807, 2.05) is 42.3 Å². The zero-order valence-electron chi connectivity index (χ0n) is 11.8. The maximum Gasteiger partial charge on any atom is 0.316 e. The first kappa shape index (κ1) is 14.8. The van der Waals surface area contributed by atoms with Crippen molar-refractivity contribution in [2.24, 2.45) is 5.84 Å². The molecule has 0 aliphatic heterocycles. The normalized spacial score (nSPS) is 10.2. The van der Waals surface area contributed by atoms with Gasteiger partial charge in [0.25, 0.3) is 0 Å². The van der Waals surface area contributed by atoms with E-state index in [9.17, 15) is 10.1 Å². The monoisotopic (exact) mass is 286 g/mol. The van der Waals surface area contributed by atoms with Crippen LogP contribution in [0.25, 0.3) is 0 Å². The van der Waals surface area contributed by atoms with Gasteiger partial charge in [0.05, 0.1) is 4.92 Å². The molecule has 0 spiro atoms. The van der Waals surface area contributed by atoms with E-state index < -0.39 is 4.92 Å². The van der Waals surface area contributed by atoms with Crippen LogP contribution in [0.2, 0.25) is 0 Å². The van der Waals surface area contributed by atoms with E-state index in [-0.39, 0.29) is 5.69 Å². The van der Waals surface area contributed by atoms with Crippen LogP contribution >= 0.6 is 0 Å². The van der Waals surface area contributed by atoms with Crippen molar-refractivity contribution in [3.63, 3.8) is 0 Å². The Kier molecular flexibility index (Phi) is 4.73. The molecule has 2 aromatic carbocycles. The van der Waals surface area contributed by atoms with Crippen LogP contribution in [0.1, 0.15) is 5.56 Å². The first-order valence-corrected chi connectivity index (χ1v) is 6.62. The standard InChI is InChI=1S/C15H18N4O2/c1-18(11-10-12-6-3-2-4-7-12)14-9-5-8-13(17-16)15(14)19(20)21/h2-9,17H,10-11,16H2,1H3. The Bertz CT molecular complexity index is 616. The Hall–Kier alpha value is -2.60. The van der Waals surface area contributed by atoms with Gasteiger partial charge in [-0.3, -0.25) is 16.0 Å². The number of nitrogens with zero attached hydrogens (tertiary/aromatic N) is 2. The van der Waals surface area contributed by atoms with Crippen LogP contribution in [0.15, 0.2) is 48.5 Å². The number of hydrogen-bond donors (Lipinski definition) is 2. The summed E-state index contributed by atoms with van der Waals surface area (Å²) in [5.74, 6) is 5.35. The number of nitrogens with two attached hydrogens (primary N) is 1. The highest BCUT2D eigenvalue weighted by atomic mass is 16.6. The van der Waals surface area contributed by atoms with Gasteiger partial charge in [0.15, 0.2) is 0 Å². The molecule has 0 aliphatic rings. The molecule has 110 valence electrons. The predicted octanol–water partition coefficient (Wildman–Crippen LogP) is 2.56. The van der Waals surface area contributed by atoms with E-state index in [0.717, 1.165) is 6.42 Å². The molecule has 0 atom stereocenters. The topological polar surface area (TPSA) is 84.4 Å². The third-order valence-electron chi connectivity index (χ3n) is 3.34. The third kappa shape index (κ3) is 3.49. The molecular weight excluding hydrogens is 268 g/mol. The van der Waals surface area contributed by atoms with Gasteiger partial charge in [-0.2, -0.15) is 0 Å². The maximum absolute atomic E-state index is 11.3. The number of hydrogen-bond acceptors (Lipinski definition) is 5. The Morgan fingerprint density at radius 1 is 1.19 bits per heavy atom. The van der Waals surface area contributed by atoms with Crippen LogP contribution in [0.4, 0.5) is 17.1 Å². The van der Waals surface area contributed by atoms with Gasteiger partial charge in [0, 0.05) is 13.6 Å². The van der Waals surface area contributed by atoms with E-state index in [1.54, 1.807) is 18.2 Å². The zero-order chi connectivity index (χ0) is 15.2. The number of nitro benzene ring substituents is 1. The van der Waals surface area contributed by atoms with E-state index in [4.69, 9.17) is 5.84 Å². The summed E-state index contributed by atoms with van der Waals surface area (Å²) in [4.78, 5) is 12.7. The fourth-order valence-electron chi connectivity index (χ4n) is 2.21. The van der Waals surface area contributed by atoms with Crippen molar-refractivity contribution in [1.82, 2.24) is 0 Å². The van der Waals surface area contributed by atoms with Gasteiger partial charge in [-0.05, 0) is 24.1 Å². The van der Waals surface area contributed by atoms with Crippen molar-refractivity contribution in [3.05, 3.63) is 64.2 Å². The van der Waals surface area contributed by atoms with Crippen molar-refractivity contribution in [3.8, 4) is 0 Å². The molecule has 6 nitrogen and oxygen atoms in total. The smallest absolute Gasteiger partial charge is 0.316 e. The van der Waals surface area contributed by atoms with Crippen molar-refractivity contribution >= 4 is 17.1 Å². The van der Waals surface area contributed by atoms with Crippen molar-refractivity contribution in [2.45, 2.75) is 6.42 Å². The molecule has 6 heteroatoms. The number of nitrogens with one attached hydrogen (secondary N) is 1. The summed E-state index contributed by atoms with van der Waals surface area (Å²) in [7, 11) is 1.84. The summed E-state index contributed by atoms with van der Waals surface area (Å²) in [6.07, 6.45) is 0.814. The average molecular weight is 286 g/mol. The van der Waals surface area contributed by atoms with Gasteiger partial charge < -0.3 is 10.3 Å². The highest BCUT2D eigenvalue weighted by molar-refractivity contribution is 5.76. The Morgan fingerprint density at radius 2 is 1.90 bits per heavy atom. The molecule has 3 N–H and O–H groups in total. The Morgan fingerprint density at radius 3 is 2.52 bits per heavy atom. The summed E-state index contributed by atoms with van der Waals surface area (Å²) >= 11 is 0. The molecule has 0 saturated heterocycles. The van der Waals surface area contributed by atoms with Gasteiger partial charge in [-0.1, -0.05) is 36.4 Å². The second kappa shape index (κ2) is 6.71. The number of likely N-dealkylation sites (N-methyl/N-ethyl adjacent to an activating group) is 1. The summed E-state index contributed by atoms with van der Waals surface area (Å²) in [6, 6.07) is 15.1. The highest BCUT2D eigenvalue weighted by Crippen LogP contribution is 2.34. The van der Waals surface area contributed by atoms with E-state index in [2.05, 4.69) is 5.43 Å². The van der Waals surface area contributed by atoms with Crippen LogP contribution in [0.5, 0.6) is 0 Å². The summed E-state index contributed by atoms with van der Waals surface area (Å²) < 4.78 is 0. The largest absolute Gasteiger partial charge is 0.369 e. The number of rotatable bonds is 6. The first-order chi connectivity index (χ1) is 10.1. The molecule has 2 aromatic rings. The van der Waals surface area contributed by atoms with E-state index in [0.29, 0.717) is 17.9 Å². The van der Waals surface area contributed by atoms with Gasteiger partial charge in [-0.25, -0.2) is 0 Å². The molecule has 0 aromatic heterocycles. The molecule has 0 fully saturated rings. The first-order valence-electron chi connectivity index (χ1n) is 6.62. The lowest BCUT2D eigenvalue weighted by molar-refractivity contribution is -0.383. The molecule has 0 heterocycles. The molecule has 2 rings (SSSR count). The lowest BCUT2D eigenvalue weighted by Crippen LogP contribution is -2.22. The summed E-state index contributed by atoms with van der Waals surface area (Å²) in [5, 5.41) is 11.3. The van der Waals surface area contributed by atoms with Gasteiger partial charge in [0.1, 0.15) is 11.4 Å². The van der Waals surface area contributed by atoms with Crippen LogP contribution in [-0.2, 0) is 6.42 Å². The number of anilines is 2. The fraction of sp³-hybridized carbons (Fsp3) is 0.200. The lowest BCUT2D eigenvalue weighted by Gasteiger charge is -2.20. The quantitative estimate of drug-likeness (QED) is 0.484. The van der Waals surface area contributed by atoms with Crippen molar-refractivity contribution in [1.29, 1.82) is 0 Å². The molecule has 21 heavy (non-hydrogen) atoms. The van der Waals surface area contributed by atoms with Gasteiger partial charge in [0.2, 0.25) is 0 Å². The number of hydrazine groups is 1. The zero-order valence-corrected chi connectivity index (χ0v) is 11.8. The Labute approximate surface area is 123 Å². The summed E-state index contributed by atoms with van der Waals surface area (Å²) in [6.45, 7) is 0.679. The minimum atomic E-state index is -0.413. The number of benzene rings is 2. The average Bonchev–Trinajstić information content (AvgIpc) is 2.52. The summed E-state index contributed by atoms with van der Waals surface area (Å²) in [5.41, 5.74) is 4.42. The van der Waals surface area contributed by atoms with Crippen LogP contribution < -0.4 is 16.2 Å². The highest BCUT2D eigenvalue weighted by Gasteiger charge is 2.21. The molecule has 0 amide bonds. The van der Waals surface area contributed by atoms with Crippen LogP contribution in [0.3, 0.4) is 0 Å². The number of nitro groups is 1. The molecule has 0 radical (unpaired) electrons. The maximum atomic E-state index is 11.3. The minimum Gasteiger partial charge on any atom is -0.369 e. The molecule has 0 aliphatic carbocycles. The predicted molar refractivity (Wildman–Crippen MR) is 84.3 cm³/mol. The van der Waals surface area contributed by atoms with Crippen LogP contribution in [-0.4, -0.2) is 18.5 Å². The number of para-hydroxylation sites is 1. The second-order valence-electron chi connectivity index (χ2n) is 4.73. The van der Waals surface area contributed by atoms with E-state index >= 15 is 0 Å². The second-order valence-corrected chi connectivity index (χ2v) is 4.73. The van der Waals surface area contributed by atoms with Crippen molar-refractivity contribution < 1.29 is 4.92 Å². The molecule has 0 bridgehead atoms. The van der Waals surface area contributed by atoms with Crippen molar-refractivity contribution in [2.75, 3.05) is 23.9 Å². The van der Waals surface area contributed by atoms with E-state index in [1.165, 1.54) is 5.56 Å². The van der Waals surface area contributed by atoms with Gasteiger partial charge in [-0.15, -0.1) is 0 Å². The van der Waals surface area contributed by atoms with Gasteiger partial charge >= 0.3 is 5.69 Å². The minimum absolute atomic E-state index is 0.00411. The lowest BCUT2D eigenvalue weighted by atomic mass is 10.1. The third-order valence-corrected chi connectivity index (χ3v) is 3.34. The fourth-order valence-corrected chi connectivity index (χ4v) is 2.21. The molecule has 0 unspecified atom stereocenters. The SMILES string of the molecule is CN(CCc1ccccc1)c1cccc(NN)c1[N+](=O)[O-]. The van der Waals surface area contributed by atoms with Crippen LogP contribution in [0, 0.1) is 10.1 Å².